The largest absolute Gasteiger partial charge is 0.424 e. The van der Waals surface area contributed by atoms with Crippen molar-refractivity contribution in [2.75, 3.05) is 13.2 Å². The molecule has 1 saturated heterocycles. The molecule has 7 heteroatoms. The fraction of sp³-hybridized carbons (Fsp3) is 0.500. The summed E-state index contributed by atoms with van der Waals surface area (Å²) in [5.74, 6) is 1.07. The lowest BCUT2D eigenvalue weighted by molar-refractivity contribution is 0.0717. The lowest BCUT2D eigenvalue weighted by Crippen LogP contribution is -2.38. The molecule has 4 rings (SSSR count). The summed E-state index contributed by atoms with van der Waals surface area (Å²) in [5, 5.41) is 0. The molecule has 0 bridgehead atoms. The summed E-state index contributed by atoms with van der Waals surface area (Å²) in [4.78, 5) is 34.6. The highest BCUT2D eigenvalue weighted by atomic mass is 16.5. The third-order valence-electron chi connectivity index (χ3n) is 4.87. The molecule has 0 saturated carbocycles. The van der Waals surface area contributed by atoms with E-state index in [-0.39, 0.29) is 17.6 Å². The van der Waals surface area contributed by atoms with E-state index in [2.05, 4.69) is 9.97 Å². The number of hydrogen-bond donors (Lipinski definition) is 1. The molecule has 1 fully saturated rings. The SMILES string of the molecule is Cc1nc2c([nH]1)CN(C(=O)c1c(C)cc(C3CCCO3)oc1=O)CC2. The molecule has 2 aliphatic heterocycles. The zero-order valence-corrected chi connectivity index (χ0v) is 14.4. The van der Waals surface area contributed by atoms with E-state index >= 15 is 0 Å². The van der Waals surface area contributed by atoms with Gasteiger partial charge in [-0.25, -0.2) is 9.78 Å². The van der Waals surface area contributed by atoms with E-state index in [0.29, 0.717) is 37.4 Å². The standard InChI is InChI=1S/C18H21N3O4/c1-10-8-15(14-4-3-7-24-14)25-18(23)16(10)17(22)21-6-5-12-13(9-21)20-11(2)19-12/h8,14H,3-7,9H2,1-2H3,(H,19,20). The molecule has 1 atom stereocenters. The first-order chi connectivity index (χ1) is 12.0. The molecular formula is C18H21N3O4. The third-order valence-corrected chi connectivity index (χ3v) is 4.87. The second-order valence-electron chi connectivity index (χ2n) is 6.72. The number of ether oxygens (including phenoxy) is 1. The van der Waals surface area contributed by atoms with Crippen molar-refractivity contribution < 1.29 is 13.9 Å². The molecule has 2 aromatic heterocycles. The summed E-state index contributed by atoms with van der Waals surface area (Å²) in [5.41, 5.74) is 2.11. The smallest absolute Gasteiger partial charge is 0.349 e. The Bertz CT molecular complexity index is 877. The molecular weight excluding hydrogens is 322 g/mol. The van der Waals surface area contributed by atoms with Crippen LogP contribution in [0.4, 0.5) is 0 Å². The fourth-order valence-corrected chi connectivity index (χ4v) is 3.62. The second-order valence-corrected chi connectivity index (χ2v) is 6.72. The number of carbonyl (C=O) groups is 1. The molecule has 1 N–H and O–H groups in total. The van der Waals surface area contributed by atoms with Crippen LogP contribution in [0.1, 0.15) is 57.8 Å². The molecule has 4 heterocycles. The monoisotopic (exact) mass is 343 g/mol. The van der Waals surface area contributed by atoms with Gasteiger partial charge in [0, 0.05) is 19.6 Å². The second kappa shape index (κ2) is 6.15. The number of amides is 1. The van der Waals surface area contributed by atoms with Crippen molar-refractivity contribution in [1.29, 1.82) is 0 Å². The van der Waals surface area contributed by atoms with Crippen LogP contribution in [-0.2, 0) is 17.7 Å². The van der Waals surface area contributed by atoms with Crippen LogP contribution in [0.25, 0.3) is 0 Å². The number of imidazole rings is 1. The van der Waals surface area contributed by atoms with Crippen molar-refractivity contribution in [2.45, 2.75) is 45.8 Å². The van der Waals surface area contributed by atoms with Gasteiger partial charge in [0.2, 0.25) is 0 Å². The number of aromatic amines is 1. The number of carbonyl (C=O) groups excluding carboxylic acids is 1. The highest BCUT2D eigenvalue weighted by Gasteiger charge is 2.29. The van der Waals surface area contributed by atoms with Gasteiger partial charge in [0.1, 0.15) is 23.3 Å². The first-order valence-electron chi connectivity index (χ1n) is 8.63. The number of H-pyrrole nitrogens is 1. The molecule has 1 amide bonds. The van der Waals surface area contributed by atoms with Crippen LogP contribution in [0.2, 0.25) is 0 Å². The van der Waals surface area contributed by atoms with E-state index in [1.807, 2.05) is 6.92 Å². The molecule has 1 unspecified atom stereocenters. The van der Waals surface area contributed by atoms with Crippen molar-refractivity contribution >= 4 is 5.91 Å². The normalized spacial score (nSPS) is 19.9. The minimum atomic E-state index is -0.581. The summed E-state index contributed by atoms with van der Waals surface area (Å²) in [6, 6.07) is 1.76. The minimum Gasteiger partial charge on any atom is -0.424 e. The number of aromatic nitrogens is 2. The summed E-state index contributed by atoms with van der Waals surface area (Å²) >= 11 is 0. The van der Waals surface area contributed by atoms with E-state index in [1.165, 1.54) is 0 Å². The van der Waals surface area contributed by atoms with Gasteiger partial charge in [0.25, 0.3) is 5.91 Å². The van der Waals surface area contributed by atoms with E-state index < -0.39 is 5.63 Å². The quantitative estimate of drug-likeness (QED) is 0.901. The topological polar surface area (TPSA) is 88.4 Å². The van der Waals surface area contributed by atoms with Crippen molar-refractivity contribution in [1.82, 2.24) is 14.9 Å². The summed E-state index contributed by atoms with van der Waals surface area (Å²) in [6.45, 7) is 5.32. The predicted molar refractivity (Wildman–Crippen MR) is 89.4 cm³/mol. The number of fused-ring (bicyclic) bond motifs is 1. The number of nitrogens with one attached hydrogen (secondary N) is 1. The summed E-state index contributed by atoms with van der Waals surface area (Å²) in [7, 11) is 0. The molecule has 25 heavy (non-hydrogen) atoms. The Morgan fingerprint density at radius 2 is 2.24 bits per heavy atom. The third kappa shape index (κ3) is 2.89. The first-order valence-corrected chi connectivity index (χ1v) is 8.63. The van der Waals surface area contributed by atoms with E-state index in [4.69, 9.17) is 9.15 Å². The van der Waals surface area contributed by atoms with Crippen molar-refractivity contribution in [2.24, 2.45) is 0 Å². The zero-order valence-electron chi connectivity index (χ0n) is 14.4. The Morgan fingerprint density at radius 1 is 1.40 bits per heavy atom. The average Bonchev–Trinajstić information content (AvgIpc) is 3.21. The van der Waals surface area contributed by atoms with Gasteiger partial charge in [-0.05, 0) is 38.3 Å². The Labute approximate surface area is 145 Å². The van der Waals surface area contributed by atoms with E-state index in [1.54, 1.807) is 17.9 Å². The molecule has 0 aromatic carbocycles. The molecule has 132 valence electrons. The van der Waals surface area contributed by atoms with Crippen LogP contribution in [0.15, 0.2) is 15.3 Å². The van der Waals surface area contributed by atoms with Gasteiger partial charge in [-0.2, -0.15) is 0 Å². The Kier molecular flexibility index (Phi) is 3.95. The van der Waals surface area contributed by atoms with Crippen molar-refractivity contribution in [3.8, 4) is 0 Å². The Morgan fingerprint density at radius 3 is 2.96 bits per heavy atom. The van der Waals surface area contributed by atoms with Crippen LogP contribution in [0.5, 0.6) is 0 Å². The number of hydrogen-bond acceptors (Lipinski definition) is 5. The molecule has 0 spiro atoms. The first kappa shape index (κ1) is 16.1. The highest BCUT2D eigenvalue weighted by molar-refractivity contribution is 5.95. The van der Waals surface area contributed by atoms with Gasteiger partial charge in [0.05, 0.1) is 17.9 Å². The molecule has 0 radical (unpaired) electrons. The number of nitrogens with zero attached hydrogens (tertiary/aromatic N) is 2. The highest BCUT2D eigenvalue weighted by Crippen LogP contribution is 2.29. The maximum atomic E-state index is 12.9. The minimum absolute atomic E-state index is 0.112. The van der Waals surface area contributed by atoms with Gasteiger partial charge < -0.3 is 19.0 Å². The van der Waals surface area contributed by atoms with Gasteiger partial charge in [-0.1, -0.05) is 0 Å². The molecule has 2 aliphatic rings. The average molecular weight is 343 g/mol. The molecule has 7 nitrogen and oxygen atoms in total. The maximum Gasteiger partial charge on any atom is 0.349 e. The van der Waals surface area contributed by atoms with Crippen LogP contribution in [0.3, 0.4) is 0 Å². The van der Waals surface area contributed by atoms with Crippen LogP contribution >= 0.6 is 0 Å². The van der Waals surface area contributed by atoms with Crippen molar-refractivity contribution in [3.63, 3.8) is 0 Å². The van der Waals surface area contributed by atoms with Gasteiger partial charge in [0.15, 0.2) is 0 Å². The fourth-order valence-electron chi connectivity index (χ4n) is 3.62. The van der Waals surface area contributed by atoms with Gasteiger partial charge in [-0.3, -0.25) is 4.79 Å². The van der Waals surface area contributed by atoms with E-state index in [0.717, 1.165) is 30.1 Å². The van der Waals surface area contributed by atoms with E-state index in [9.17, 15) is 9.59 Å². The van der Waals surface area contributed by atoms with Gasteiger partial charge >= 0.3 is 5.63 Å². The number of aryl methyl sites for hydroxylation is 2. The summed E-state index contributed by atoms with van der Waals surface area (Å²) in [6.07, 6.45) is 2.29. The lowest BCUT2D eigenvalue weighted by atomic mass is 10.1. The van der Waals surface area contributed by atoms with Crippen LogP contribution in [-0.4, -0.2) is 33.9 Å². The Hall–Kier alpha value is -2.41. The zero-order chi connectivity index (χ0) is 17.6. The van der Waals surface area contributed by atoms with Gasteiger partial charge in [-0.15, -0.1) is 0 Å². The predicted octanol–water partition coefficient (Wildman–Crippen LogP) is 2.03. The number of rotatable bonds is 2. The Balaban J connectivity index is 1.61. The maximum absolute atomic E-state index is 12.9. The summed E-state index contributed by atoms with van der Waals surface area (Å²) < 4.78 is 11.0. The van der Waals surface area contributed by atoms with Crippen molar-refractivity contribution in [3.05, 3.63) is 50.6 Å². The lowest BCUT2D eigenvalue weighted by Gasteiger charge is -2.26. The molecule has 2 aromatic rings. The van der Waals surface area contributed by atoms with Crippen LogP contribution in [0, 0.1) is 13.8 Å². The van der Waals surface area contributed by atoms with Crippen LogP contribution < -0.4 is 5.63 Å². The molecule has 0 aliphatic carbocycles.